The van der Waals surface area contributed by atoms with Crippen molar-refractivity contribution in [3.63, 3.8) is 0 Å². The van der Waals surface area contributed by atoms with Gasteiger partial charge in [0.05, 0.1) is 11.6 Å². The number of amides is 3. The Bertz CT molecular complexity index is 465. The van der Waals surface area contributed by atoms with Crippen molar-refractivity contribution >= 4 is 23.5 Å². The second kappa shape index (κ2) is 7.30. The van der Waals surface area contributed by atoms with Crippen LogP contribution < -0.4 is 10.6 Å². The van der Waals surface area contributed by atoms with E-state index >= 15 is 0 Å². The zero-order valence-electron chi connectivity index (χ0n) is 9.57. The number of carbonyl (C=O) groups is 2. The van der Waals surface area contributed by atoms with Crippen LogP contribution in [0.1, 0.15) is 17.5 Å². The maximum atomic E-state index is 11.3. The summed E-state index contributed by atoms with van der Waals surface area (Å²) < 4.78 is 0. The van der Waals surface area contributed by atoms with Crippen LogP contribution in [0.15, 0.2) is 24.3 Å². The first-order valence-corrected chi connectivity index (χ1v) is 5.82. The lowest BCUT2D eigenvalue weighted by Crippen LogP contribution is -2.39. The fourth-order valence-corrected chi connectivity index (χ4v) is 1.37. The van der Waals surface area contributed by atoms with E-state index in [0.29, 0.717) is 5.56 Å². The Balaban J connectivity index is 2.38. The highest BCUT2D eigenvalue weighted by atomic mass is 35.5. The number of halogens is 1. The maximum Gasteiger partial charge on any atom is 0.321 e. The van der Waals surface area contributed by atoms with E-state index in [9.17, 15) is 9.59 Å². The molecule has 0 aliphatic heterocycles. The fraction of sp³-hybridized carbons (Fsp3) is 0.250. The van der Waals surface area contributed by atoms with E-state index in [4.69, 9.17) is 16.9 Å². The molecule has 0 saturated carbocycles. The molecule has 94 valence electrons. The van der Waals surface area contributed by atoms with Crippen molar-refractivity contribution in [2.45, 2.75) is 13.0 Å². The van der Waals surface area contributed by atoms with Gasteiger partial charge >= 0.3 is 6.03 Å². The molecule has 18 heavy (non-hydrogen) atoms. The van der Waals surface area contributed by atoms with Crippen LogP contribution in [0.3, 0.4) is 0 Å². The minimum Gasteiger partial charge on any atom is -0.334 e. The highest BCUT2D eigenvalue weighted by molar-refractivity contribution is 6.19. The fourth-order valence-electron chi connectivity index (χ4n) is 1.20. The Labute approximate surface area is 110 Å². The first-order chi connectivity index (χ1) is 8.65. The summed E-state index contributed by atoms with van der Waals surface area (Å²) in [6.07, 6.45) is 0.103. The minimum absolute atomic E-state index is 0.103. The monoisotopic (exact) mass is 265 g/mol. The van der Waals surface area contributed by atoms with Gasteiger partial charge in [-0.3, -0.25) is 10.1 Å². The molecule has 1 aromatic rings. The van der Waals surface area contributed by atoms with E-state index in [0.717, 1.165) is 5.56 Å². The Hall–Kier alpha value is -2.06. The number of hydrogen-bond acceptors (Lipinski definition) is 3. The van der Waals surface area contributed by atoms with Gasteiger partial charge in [0.2, 0.25) is 5.91 Å². The van der Waals surface area contributed by atoms with Crippen LogP contribution >= 0.6 is 11.6 Å². The van der Waals surface area contributed by atoms with Crippen molar-refractivity contribution in [2.75, 3.05) is 5.88 Å². The average Bonchev–Trinajstić information content (AvgIpc) is 2.37. The quantitative estimate of drug-likeness (QED) is 0.810. The van der Waals surface area contributed by atoms with Crippen LogP contribution in [0.5, 0.6) is 0 Å². The van der Waals surface area contributed by atoms with E-state index in [2.05, 4.69) is 10.6 Å². The predicted molar refractivity (Wildman–Crippen MR) is 66.9 cm³/mol. The molecular weight excluding hydrogens is 254 g/mol. The third-order valence-electron chi connectivity index (χ3n) is 2.11. The van der Waals surface area contributed by atoms with Crippen LogP contribution in [0.25, 0.3) is 0 Å². The lowest BCUT2D eigenvalue weighted by atomic mass is 10.1. The lowest BCUT2D eigenvalue weighted by Gasteiger charge is -2.06. The molecule has 0 unspecified atom stereocenters. The number of nitrogens with zero attached hydrogens (tertiary/aromatic N) is 1. The van der Waals surface area contributed by atoms with Crippen LogP contribution in [-0.2, 0) is 11.3 Å². The van der Waals surface area contributed by atoms with Crippen molar-refractivity contribution < 1.29 is 9.59 Å². The molecule has 1 aromatic carbocycles. The Kier molecular flexibility index (Phi) is 5.68. The molecule has 0 bridgehead atoms. The van der Waals surface area contributed by atoms with Crippen molar-refractivity contribution in [1.29, 1.82) is 5.26 Å². The number of carbonyl (C=O) groups excluding carboxylic acids is 2. The molecule has 0 aliphatic rings. The van der Waals surface area contributed by atoms with Gasteiger partial charge < -0.3 is 5.32 Å². The van der Waals surface area contributed by atoms with Gasteiger partial charge in [0.25, 0.3) is 0 Å². The van der Waals surface area contributed by atoms with Crippen LogP contribution in [-0.4, -0.2) is 17.8 Å². The van der Waals surface area contributed by atoms with Gasteiger partial charge in [0.1, 0.15) is 0 Å². The molecule has 0 aliphatic carbocycles. The zero-order chi connectivity index (χ0) is 13.4. The summed E-state index contributed by atoms with van der Waals surface area (Å²) >= 11 is 5.36. The molecule has 1 rings (SSSR count). The molecule has 0 aromatic heterocycles. The predicted octanol–water partition coefficient (Wildman–Crippen LogP) is 1.51. The van der Waals surface area contributed by atoms with Gasteiger partial charge in [-0.1, -0.05) is 12.1 Å². The van der Waals surface area contributed by atoms with E-state index < -0.39 is 11.9 Å². The summed E-state index contributed by atoms with van der Waals surface area (Å²) in [4.78, 5) is 22.3. The number of imide groups is 1. The molecule has 0 fully saturated rings. The molecule has 2 N–H and O–H groups in total. The summed E-state index contributed by atoms with van der Waals surface area (Å²) in [6.45, 7) is 0.283. The SMILES string of the molecule is N#Cc1ccc(CNC(=O)NC(=O)CCCl)cc1. The van der Waals surface area contributed by atoms with Crippen LogP contribution in [0, 0.1) is 11.3 Å². The van der Waals surface area contributed by atoms with Gasteiger partial charge in [-0.15, -0.1) is 11.6 Å². The van der Waals surface area contributed by atoms with Crippen LogP contribution in [0.2, 0.25) is 0 Å². The number of alkyl halides is 1. The molecular formula is C12H12ClN3O2. The molecule has 0 spiro atoms. The summed E-state index contributed by atoms with van der Waals surface area (Å²) in [5.74, 6) is -0.239. The second-order valence-electron chi connectivity index (χ2n) is 3.48. The number of hydrogen-bond donors (Lipinski definition) is 2. The van der Waals surface area contributed by atoms with Gasteiger partial charge in [-0.25, -0.2) is 4.79 Å². The molecule has 5 nitrogen and oxygen atoms in total. The van der Waals surface area contributed by atoms with Gasteiger partial charge in [0, 0.05) is 18.8 Å². The molecule has 0 atom stereocenters. The highest BCUT2D eigenvalue weighted by Gasteiger charge is 2.06. The maximum absolute atomic E-state index is 11.3. The summed E-state index contributed by atoms with van der Waals surface area (Å²) in [5, 5.41) is 13.3. The molecule has 0 saturated heterocycles. The number of nitriles is 1. The number of rotatable bonds is 4. The van der Waals surface area contributed by atoms with Gasteiger partial charge in [-0.05, 0) is 17.7 Å². The van der Waals surface area contributed by atoms with E-state index in [-0.39, 0.29) is 18.8 Å². The third-order valence-corrected chi connectivity index (χ3v) is 2.30. The van der Waals surface area contributed by atoms with E-state index in [1.807, 2.05) is 6.07 Å². The third kappa shape index (κ3) is 4.85. The normalized spacial score (nSPS) is 9.33. The van der Waals surface area contributed by atoms with E-state index in [1.54, 1.807) is 24.3 Å². The summed E-state index contributed by atoms with van der Waals surface area (Å²) in [6, 6.07) is 8.23. The van der Waals surface area contributed by atoms with Crippen molar-refractivity contribution in [1.82, 2.24) is 10.6 Å². The average molecular weight is 266 g/mol. The molecule has 0 radical (unpaired) electrons. The second-order valence-corrected chi connectivity index (χ2v) is 3.86. The smallest absolute Gasteiger partial charge is 0.321 e. The first-order valence-electron chi connectivity index (χ1n) is 5.28. The van der Waals surface area contributed by atoms with Gasteiger partial charge in [-0.2, -0.15) is 5.26 Å². The Morgan fingerprint density at radius 3 is 2.50 bits per heavy atom. The number of nitrogens with one attached hydrogen (secondary N) is 2. The van der Waals surface area contributed by atoms with Crippen molar-refractivity contribution in [2.24, 2.45) is 0 Å². The minimum atomic E-state index is -0.561. The van der Waals surface area contributed by atoms with E-state index in [1.165, 1.54) is 0 Å². The number of benzene rings is 1. The largest absolute Gasteiger partial charge is 0.334 e. The molecule has 0 heterocycles. The Morgan fingerprint density at radius 2 is 1.94 bits per heavy atom. The van der Waals surface area contributed by atoms with Crippen molar-refractivity contribution in [3.05, 3.63) is 35.4 Å². The summed E-state index contributed by atoms with van der Waals surface area (Å²) in [5.41, 5.74) is 1.40. The topological polar surface area (TPSA) is 82.0 Å². The highest BCUT2D eigenvalue weighted by Crippen LogP contribution is 2.02. The lowest BCUT2D eigenvalue weighted by molar-refractivity contribution is -0.119. The first kappa shape index (κ1) is 14.0. The summed E-state index contributed by atoms with van der Waals surface area (Å²) in [7, 11) is 0. The Morgan fingerprint density at radius 1 is 1.28 bits per heavy atom. The zero-order valence-corrected chi connectivity index (χ0v) is 10.3. The van der Waals surface area contributed by atoms with Crippen LogP contribution in [0.4, 0.5) is 4.79 Å². The van der Waals surface area contributed by atoms with Gasteiger partial charge in [0.15, 0.2) is 0 Å². The standard InChI is InChI=1S/C12H12ClN3O2/c13-6-5-11(17)16-12(18)15-8-10-3-1-9(7-14)2-4-10/h1-4H,5-6,8H2,(H2,15,16,17,18). The molecule has 6 heteroatoms. The number of urea groups is 1. The van der Waals surface area contributed by atoms with Crippen molar-refractivity contribution in [3.8, 4) is 6.07 Å². The molecule has 3 amide bonds.